The van der Waals surface area contributed by atoms with E-state index in [0.717, 1.165) is 44.9 Å². The molecule has 4 aliphatic rings. The van der Waals surface area contributed by atoms with Gasteiger partial charge < -0.3 is 20.8 Å². The zero-order chi connectivity index (χ0) is 22.1. The lowest BCUT2D eigenvalue weighted by Gasteiger charge is -2.63. The lowest BCUT2D eigenvalue weighted by atomic mass is 9.43. The molecule has 0 amide bonds. The van der Waals surface area contributed by atoms with Crippen LogP contribution in [0.5, 0.6) is 0 Å². The molecule has 8 atom stereocenters. The van der Waals surface area contributed by atoms with E-state index in [4.69, 9.17) is 10.6 Å². The van der Waals surface area contributed by atoms with Crippen LogP contribution in [0.2, 0.25) is 0 Å². The molecular formula is C26H44N2O3. The summed E-state index contributed by atoms with van der Waals surface area (Å²) < 4.78 is 0. The Kier molecular flexibility index (Phi) is 7.00. The van der Waals surface area contributed by atoms with Crippen molar-refractivity contribution in [1.82, 2.24) is 5.48 Å². The minimum Gasteiger partial charge on any atom is -0.393 e. The Hall–Kier alpha value is -0.720. The fourth-order valence-corrected chi connectivity index (χ4v) is 8.14. The monoisotopic (exact) mass is 432 g/mol. The standard InChI is InChI=1S/C26H44N2O3/c1-24-12-10-21(29)18-20(24)7-8-23-22(24)11-13-25(2)19(9-14-26(23,25)30)6-4-3-5-16-28-31-17-15-27/h3-6,19-23,28-30H,7-18,27H2,1-2H3/t19-,20+,21-,22-,23+,24-,25+,26-/m0/s1. The van der Waals surface area contributed by atoms with Gasteiger partial charge in [0.25, 0.3) is 0 Å². The minimum absolute atomic E-state index is 0.0294. The van der Waals surface area contributed by atoms with E-state index in [0.29, 0.717) is 48.8 Å². The molecule has 5 nitrogen and oxygen atoms in total. The average molecular weight is 433 g/mol. The van der Waals surface area contributed by atoms with Crippen LogP contribution in [0.25, 0.3) is 0 Å². The average Bonchev–Trinajstić information content (AvgIpc) is 3.01. The van der Waals surface area contributed by atoms with Crippen molar-refractivity contribution in [1.29, 1.82) is 0 Å². The summed E-state index contributed by atoms with van der Waals surface area (Å²) in [5.41, 5.74) is 8.00. The van der Waals surface area contributed by atoms with E-state index in [1.807, 2.05) is 6.08 Å². The van der Waals surface area contributed by atoms with Gasteiger partial charge in [0.15, 0.2) is 0 Å². The fraction of sp³-hybridized carbons (Fsp3) is 0.846. The second-order valence-corrected chi connectivity index (χ2v) is 11.2. The molecule has 4 fully saturated rings. The molecule has 0 unspecified atom stereocenters. The predicted octanol–water partition coefficient (Wildman–Crippen LogP) is 3.71. The van der Waals surface area contributed by atoms with Gasteiger partial charge in [0.1, 0.15) is 0 Å². The first-order valence-electron chi connectivity index (χ1n) is 12.6. The second kappa shape index (κ2) is 9.26. The van der Waals surface area contributed by atoms with Crippen LogP contribution in [0, 0.1) is 34.5 Å². The first-order valence-corrected chi connectivity index (χ1v) is 12.6. The third-order valence-corrected chi connectivity index (χ3v) is 10.0. The zero-order valence-electron chi connectivity index (χ0n) is 19.6. The van der Waals surface area contributed by atoms with Crippen molar-refractivity contribution in [2.75, 3.05) is 19.7 Å². The normalized spacial score (nSPS) is 47.5. The third kappa shape index (κ3) is 4.06. The van der Waals surface area contributed by atoms with Gasteiger partial charge in [-0.2, -0.15) is 5.48 Å². The quantitative estimate of drug-likeness (QED) is 0.280. The molecule has 176 valence electrons. The van der Waals surface area contributed by atoms with Gasteiger partial charge in [-0.3, -0.25) is 0 Å². The molecule has 0 heterocycles. The molecule has 4 aliphatic carbocycles. The number of nitrogens with one attached hydrogen (secondary N) is 1. The van der Waals surface area contributed by atoms with Crippen LogP contribution in [-0.4, -0.2) is 41.6 Å². The Bertz CT molecular complexity index is 682. The highest BCUT2D eigenvalue weighted by atomic mass is 16.6. The molecule has 0 aromatic rings. The molecule has 0 aromatic carbocycles. The maximum absolute atomic E-state index is 12.2. The van der Waals surface area contributed by atoms with E-state index in [-0.39, 0.29) is 11.5 Å². The summed E-state index contributed by atoms with van der Waals surface area (Å²) in [5.74, 6) is 2.10. The van der Waals surface area contributed by atoms with Crippen molar-refractivity contribution >= 4 is 0 Å². The number of nitrogens with two attached hydrogens (primary N) is 1. The van der Waals surface area contributed by atoms with E-state index in [1.54, 1.807) is 0 Å². The third-order valence-electron chi connectivity index (χ3n) is 10.0. The van der Waals surface area contributed by atoms with Gasteiger partial charge in [0, 0.05) is 18.5 Å². The topological polar surface area (TPSA) is 87.7 Å². The molecule has 4 rings (SSSR count). The number of allylic oxidation sites excluding steroid dienone is 3. The molecule has 5 N–H and O–H groups in total. The van der Waals surface area contributed by atoms with Gasteiger partial charge in [-0.15, -0.1) is 0 Å². The van der Waals surface area contributed by atoms with Crippen molar-refractivity contribution in [2.24, 2.45) is 40.2 Å². The molecule has 5 heteroatoms. The number of fused-ring (bicyclic) bond motifs is 5. The van der Waals surface area contributed by atoms with Gasteiger partial charge in [-0.25, -0.2) is 0 Å². The summed E-state index contributed by atoms with van der Waals surface area (Å²) in [6, 6.07) is 0. The molecular weight excluding hydrogens is 388 g/mol. The Labute approximate surface area is 188 Å². The van der Waals surface area contributed by atoms with Crippen LogP contribution in [0.4, 0.5) is 0 Å². The Morgan fingerprint density at radius 3 is 2.68 bits per heavy atom. The van der Waals surface area contributed by atoms with E-state index in [9.17, 15) is 10.2 Å². The minimum atomic E-state index is -0.545. The lowest BCUT2D eigenvalue weighted by Crippen LogP contribution is -2.62. The van der Waals surface area contributed by atoms with Crippen LogP contribution >= 0.6 is 0 Å². The maximum atomic E-state index is 12.2. The highest BCUT2D eigenvalue weighted by molar-refractivity contribution is 5.20. The summed E-state index contributed by atoms with van der Waals surface area (Å²) in [4.78, 5) is 5.17. The maximum Gasteiger partial charge on any atom is 0.0804 e. The highest BCUT2D eigenvalue weighted by Gasteiger charge is 2.66. The molecule has 0 aliphatic heterocycles. The predicted molar refractivity (Wildman–Crippen MR) is 124 cm³/mol. The first-order chi connectivity index (χ1) is 14.8. The van der Waals surface area contributed by atoms with Gasteiger partial charge in [0.05, 0.1) is 18.3 Å². The summed E-state index contributed by atoms with van der Waals surface area (Å²) in [6.45, 7) is 6.54. The number of aliphatic hydroxyl groups excluding tert-OH is 1. The van der Waals surface area contributed by atoms with Crippen LogP contribution < -0.4 is 11.2 Å². The largest absolute Gasteiger partial charge is 0.393 e. The van der Waals surface area contributed by atoms with Crippen LogP contribution in [0.15, 0.2) is 24.3 Å². The molecule has 31 heavy (non-hydrogen) atoms. The summed E-state index contributed by atoms with van der Waals surface area (Å²) in [7, 11) is 0. The number of rotatable bonds is 7. The Balaban J connectivity index is 1.42. The van der Waals surface area contributed by atoms with Crippen LogP contribution in [-0.2, 0) is 4.84 Å². The highest BCUT2D eigenvalue weighted by Crippen LogP contribution is 2.69. The molecule has 0 bridgehead atoms. The Morgan fingerprint density at radius 2 is 1.87 bits per heavy atom. The van der Waals surface area contributed by atoms with Crippen LogP contribution in [0.3, 0.4) is 0 Å². The summed E-state index contributed by atoms with van der Waals surface area (Å²) in [5, 5.41) is 22.4. The number of aliphatic hydroxyl groups is 2. The number of hydrogen-bond acceptors (Lipinski definition) is 5. The zero-order valence-corrected chi connectivity index (χ0v) is 19.6. The van der Waals surface area contributed by atoms with Gasteiger partial charge in [0.2, 0.25) is 0 Å². The van der Waals surface area contributed by atoms with E-state index in [2.05, 4.69) is 37.6 Å². The molecule has 0 aromatic heterocycles. The van der Waals surface area contributed by atoms with Gasteiger partial charge >= 0.3 is 0 Å². The molecule has 0 saturated heterocycles. The first kappa shape index (κ1) is 23.4. The SMILES string of the molecule is C[C@]12CC[C@H](O)C[C@H]1CC[C@@H]1[C@@H]2CC[C@]2(C)[C@@H](C=CC=CCNOCCN)CC[C@]12O. The van der Waals surface area contributed by atoms with Crippen LogP contribution in [0.1, 0.15) is 71.6 Å². The van der Waals surface area contributed by atoms with Crippen molar-refractivity contribution in [3.05, 3.63) is 24.3 Å². The van der Waals surface area contributed by atoms with E-state index < -0.39 is 5.60 Å². The van der Waals surface area contributed by atoms with E-state index >= 15 is 0 Å². The fourth-order valence-electron chi connectivity index (χ4n) is 8.14. The number of hydroxylamine groups is 1. The van der Waals surface area contributed by atoms with Gasteiger partial charge in [-0.1, -0.05) is 38.2 Å². The second-order valence-electron chi connectivity index (χ2n) is 11.2. The van der Waals surface area contributed by atoms with Crippen molar-refractivity contribution in [3.63, 3.8) is 0 Å². The van der Waals surface area contributed by atoms with Gasteiger partial charge in [-0.05, 0) is 86.9 Å². The summed E-state index contributed by atoms with van der Waals surface area (Å²) in [6.07, 6.45) is 18.2. The Morgan fingerprint density at radius 1 is 1.03 bits per heavy atom. The molecule has 0 radical (unpaired) electrons. The van der Waals surface area contributed by atoms with Crippen molar-refractivity contribution in [2.45, 2.75) is 83.3 Å². The molecule has 4 saturated carbocycles. The van der Waals surface area contributed by atoms with Crippen molar-refractivity contribution in [3.8, 4) is 0 Å². The lowest BCUT2D eigenvalue weighted by molar-refractivity contribution is -0.207. The number of hydrogen-bond donors (Lipinski definition) is 4. The van der Waals surface area contributed by atoms with E-state index in [1.165, 1.54) is 12.8 Å². The molecule has 0 spiro atoms. The summed E-state index contributed by atoms with van der Waals surface area (Å²) >= 11 is 0. The van der Waals surface area contributed by atoms with Crippen molar-refractivity contribution < 1.29 is 15.1 Å². The smallest absolute Gasteiger partial charge is 0.0804 e.